The van der Waals surface area contributed by atoms with Crippen LogP contribution in [0.2, 0.25) is 0 Å². The van der Waals surface area contributed by atoms with Crippen LogP contribution < -0.4 is 0 Å². The van der Waals surface area contributed by atoms with Gasteiger partial charge in [0.1, 0.15) is 0 Å². The van der Waals surface area contributed by atoms with Gasteiger partial charge in [-0.1, -0.05) is 36.4 Å². The SMILES string of the molecule is O=[N+]([O-])c1ccc(S(=O)(=O)/C=C/Cc2ccccc2)cc1. The van der Waals surface area contributed by atoms with Crippen molar-refractivity contribution in [1.29, 1.82) is 0 Å². The van der Waals surface area contributed by atoms with E-state index in [0.717, 1.165) is 11.0 Å². The quantitative estimate of drug-likeness (QED) is 0.628. The van der Waals surface area contributed by atoms with E-state index in [-0.39, 0.29) is 10.6 Å². The van der Waals surface area contributed by atoms with Crippen LogP contribution in [0.3, 0.4) is 0 Å². The summed E-state index contributed by atoms with van der Waals surface area (Å²) in [6, 6.07) is 14.3. The monoisotopic (exact) mass is 303 g/mol. The first-order valence-electron chi connectivity index (χ1n) is 6.19. The van der Waals surface area contributed by atoms with Crippen LogP contribution in [-0.4, -0.2) is 13.3 Å². The van der Waals surface area contributed by atoms with Gasteiger partial charge in [-0.05, 0) is 24.1 Å². The van der Waals surface area contributed by atoms with Gasteiger partial charge in [-0.25, -0.2) is 8.42 Å². The van der Waals surface area contributed by atoms with Gasteiger partial charge in [-0.2, -0.15) is 0 Å². The molecule has 0 bridgehead atoms. The lowest BCUT2D eigenvalue weighted by Gasteiger charge is -1.99. The average molecular weight is 303 g/mol. The molecule has 5 nitrogen and oxygen atoms in total. The van der Waals surface area contributed by atoms with Crippen molar-refractivity contribution in [1.82, 2.24) is 0 Å². The molecule has 0 aliphatic rings. The van der Waals surface area contributed by atoms with Crippen molar-refractivity contribution in [3.05, 3.63) is 81.8 Å². The molecule has 0 amide bonds. The molecule has 0 aromatic heterocycles. The zero-order valence-corrected chi connectivity index (χ0v) is 11.9. The Morgan fingerprint density at radius 3 is 2.19 bits per heavy atom. The minimum atomic E-state index is -3.58. The molecule has 0 spiro atoms. The highest BCUT2D eigenvalue weighted by Gasteiger charge is 2.12. The fourth-order valence-corrected chi connectivity index (χ4v) is 2.78. The minimum Gasteiger partial charge on any atom is -0.258 e. The van der Waals surface area contributed by atoms with Gasteiger partial charge in [-0.15, -0.1) is 0 Å². The van der Waals surface area contributed by atoms with E-state index in [1.807, 2.05) is 30.3 Å². The minimum absolute atomic E-state index is 0.0393. The third kappa shape index (κ3) is 4.00. The second-order valence-corrected chi connectivity index (χ2v) is 6.19. The van der Waals surface area contributed by atoms with Crippen LogP contribution >= 0.6 is 0 Å². The van der Waals surface area contributed by atoms with Crippen molar-refractivity contribution in [2.24, 2.45) is 0 Å². The fraction of sp³-hybridized carbons (Fsp3) is 0.0667. The number of rotatable bonds is 5. The largest absolute Gasteiger partial charge is 0.269 e. The molecule has 0 aliphatic carbocycles. The third-order valence-corrected chi connectivity index (χ3v) is 4.33. The predicted octanol–water partition coefficient (Wildman–Crippen LogP) is 3.12. The summed E-state index contributed by atoms with van der Waals surface area (Å²) in [6.07, 6.45) is 2.07. The first kappa shape index (κ1) is 14.9. The van der Waals surface area contributed by atoms with E-state index in [1.165, 1.54) is 24.3 Å². The van der Waals surface area contributed by atoms with Crippen LogP contribution in [0.25, 0.3) is 0 Å². The number of nitrogens with zero attached hydrogens (tertiary/aromatic N) is 1. The van der Waals surface area contributed by atoms with E-state index in [4.69, 9.17) is 0 Å². The number of sulfone groups is 1. The Hall–Kier alpha value is -2.47. The lowest BCUT2D eigenvalue weighted by Crippen LogP contribution is -1.97. The van der Waals surface area contributed by atoms with Crippen molar-refractivity contribution in [2.45, 2.75) is 11.3 Å². The summed E-state index contributed by atoms with van der Waals surface area (Å²) in [4.78, 5) is 10.0. The molecule has 0 N–H and O–H groups in total. The number of hydrogen-bond donors (Lipinski definition) is 0. The molecule has 0 fully saturated rings. The standard InChI is InChI=1S/C15H13NO4S/c17-16(18)14-8-10-15(11-9-14)21(19,20)12-4-7-13-5-2-1-3-6-13/h1-6,8-12H,7H2/b12-4+. The molecule has 0 aliphatic heterocycles. The first-order chi connectivity index (χ1) is 9.99. The van der Waals surface area contributed by atoms with Crippen molar-refractivity contribution < 1.29 is 13.3 Å². The smallest absolute Gasteiger partial charge is 0.258 e. The summed E-state index contributed by atoms with van der Waals surface area (Å²) in [5.41, 5.74) is 0.870. The molecule has 0 radical (unpaired) electrons. The second kappa shape index (κ2) is 6.32. The highest BCUT2D eigenvalue weighted by molar-refractivity contribution is 7.94. The number of nitro benzene ring substituents is 1. The van der Waals surface area contributed by atoms with Crippen LogP contribution in [0, 0.1) is 10.1 Å². The molecule has 2 aromatic rings. The molecule has 6 heteroatoms. The van der Waals surface area contributed by atoms with Crippen LogP contribution in [0.5, 0.6) is 0 Å². The van der Waals surface area contributed by atoms with Gasteiger partial charge >= 0.3 is 0 Å². The maximum Gasteiger partial charge on any atom is 0.269 e. The Morgan fingerprint density at radius 1 is 1.00 bits per heavy atom. The van der Waals surface area contributed by atoms with Crippen LogP contribution in [-0.2, 0) is 16.3 Å². The number of nitro groups is 1. The summed E-state index contributed by atoms with van der Waals surface area (Å²) in [5.74, 6) is 0. The van der Waals surface area contributed by atoms with Gasteiger partial charge in [0.05, 0.1) is 9.82 Å². The van der Waals surface area contributed by atoms with E-state index in [0.29, 0.717) is 6.42 Å². The van der Waals surface area contributed by atoms with E-state index in [2.05, 4.69) is 0 Å². The molecule has 0 saturated heterocycles. The Balaban J connectivity index is 2.12. The maximum absolute atomic E-state index is 12.0. The van der Waals surface area contributed by atoms with Crippen LogP contribution in [0.1, 0.15) is 5.56 Å². The van der Waals surface area contributed by atoms with Crippen LogP contribution in [0.4, 0.5) is 5.69 Å². The molecule has 2 rings (SSSR count). The topological polar surface area (TPSA) is 77.3 Å². The Labute approximate surface area is 122 Å². The average Bonchev–Trinajstić information content (AvgIpc) is 2.48. The maximum atomic E-state index is 12.0. The summed E-state index contributed by atoms with van der Waals surface area (Å²) < 4.78 is 24.1. The molecular formula is C15H13NO4S. The molecule has 108 valence electrons. The first-order valence-corrected chi connectivity index (χ1v) is 7.74. The number of benzene rings is 2. The van der Waals surface area contributed by atoms with E-state index < -0.39 is 14.8 Å². The second-order valence-electron chi connectivity index (χ2n) is 4.36. The summed E-state index contributed by atoms with van der Waals surface area (Å²) in [6.45, 7) is 0. The van der Waals surface area contributed by atoms with Gasteiger partial charge < -0.3 is 0 Å². The van der Waals surface area contributed by atoms with Crippen molar-refractivity contribution >= 4 is 15.5 Å². The van der Waals surface area contributed by atoms with E-state index >= 15 is 0 Å². The summed E-state index contributed by atoms with van der Waals surface area (Å²) >= 11 is 0. The molecular weight excluding hydrogens is 290 g/mol. The number of allylic oxidation sites excluding steroid dienone is 1. The Morgan fingerprint density at radius 2 is 1.62 bits per heavy atom. The molecule has 0 atom stereocenters. The Bertz CT molecular complexity index is 750. The third-order valence-electron chi connectivity index (χ3n) is 2.85. The summed E-state index contributed by atoms with van der Waals surface area (Å²) in [7, 11) is -3.58. The fourth-order valence-electron chi connectivity index (χ4n) is 1.76. The summed E-state index contributed by atoms with van der Waals surface area (Å²) in [5, 5.41) is 11.7. The van der Waals surface area contributed by atoms with Gasteiger partial charge in [0.25, 0.3) is 5.69 Å². The number of non-ortho nitro benzene ring substituents is 1. The van der Waals surface area contributed by atoms with Crippen molar-refractivity contribution in [3.8, 4) is 0 Å². The zero-order valence-electron chi connectivity index (χ0n) is 11.0. The molecule has 0 saturated carbocycles. The molecule has 2 aromatic carbocycles. The molecule has 0 unspecified atom stereocenters. The Kier molecular flexibility index (Phi) is 4.49. The van der Waals surface area contributed by atoms with Crippen molar-refractivity contribution in [2.75, 3.05) is 0 Å². The van der Waals surface area contributed by atoms with Gasteiger partial charge in [0, 0.05) is 17.5 Å². The van der Waals surface area contributed by atoms with Gasteiger partial charge in [0.15, 0.2) is 9.84 Å². The van der Waals surface area contributed by atoms with E-state index in [9.17, 15) is 18.5 Å². The van der Waals surface area contributed by atoms with Crippen LogP contribution in [0.15, 0.2) is 71.0 Å². The lowest BCUT2D eigenvalue weighted by atomic mass is 10.2. The predicted molar refractivity (Wildman–Crippen MR) is 79.6 cm³/mol. The van der Waals surface area contributed by atoms with E-state index in [1.54, 1.807) is 6.08 Å². The number of hydrogen-bond acceptors (Lipinski definition) is 4. The van der Waals surface area contributed by atoms with Gasteiger partial charge in [0.2, 0.25) is 0 Å². The molecule has 0 heterocycles. The van der Waals surface area contributed by atoms with Gasteiger partial charge in [-0.3, -0.25) is 10.1 Å². The highest BCUT2D eigenvalue weighted by Crippen LogP contribution is 2.17. The molecule has 21 heavy (non-hydrogen) atoms. The lowest BCUT2D eigenvalue weighted by molar-refractivity contribution is -0.384. The highest BCUT2D eigenvalue weighted by atomic mass is 32.2. The zero-order chi connectivity index (χ0) is 15.3. The normalized spacial score (nSPS) is 11.6. The van der Waals surface area contributed by atoms with Crippen molar-refractivity contribution in [3.63, 3.8) is 0 Å².